The summed E-state index contributed by atoms with van der Waals surface area (Å²) in [6.45, 7) is 1.48. The van der Waals surface area contributed by atoms with Crippen LogP contribution in [0.4, 0.5) is 13.2 Å². The molecule has 0 unspecified atom stereocenters. The van der Waals surface area contributed by atoms with E-state index in [-0.39, 0.29) is 18.1 Å². The van der Waals surface area contributed by atoms with E-state index >= 15 is 4.39 Å². The van der Waals surface area contributed by atoms with E-state index in [9.17, 15) is 8.78 Å². The summed E-state index contributed by atoms with van der Waals surface area (Å²) in [6.07, 6.45) is 2.34. The van der Waals surface area contributed by atoms with Gasteiger partial charge in [-0.25, -0.2) is 13.2 Å². The maximum atomic E-state index is 15.1. The van der Waals surface area contributed by atoms with Crippen LogP contribution in [0.2, 0.25) is 0 Å². The average Bonchev–Trinajstić information content (AvgIpc) is 3.29. The maximum Gasteiger partial charge on any atom is 0.148 e. The van der Waals surface area contributed by atoms with Crippen LogP contribution >= 0.6 is 11.3 Å². The number of thiophene rings is 1. The number of fused-ring (bicyclic) bond motifs is 2. The molecule has 0 bridgehead atoms. The predicted octanol–water partition coefficient (Wildman–Crippen LogP) is 6.06. The van der Waals surface area contributed by atoms with Gasteiger partial charge in [-0.05, 0) is 54.4 Å². The first-order valence-corrected chi connectivity index (χ1v) is 12.2. The third-order valence-electron chi connectivity index (χ3n) is 6.21. The van der Waals surface area contributed by atoms with Crippen molar-refractivity contribution in [2.45, 2.75) is 19.6 Å². The van der Waals surface area contributed by atoms with Gasteiger partial charge in [0.2, 0.25) is 0 Å². The molecule has 0 atom stereocenters. The second-order valence-electron chi connectivity index (χ2n) is 8.46. The first kappa shape index (κ1) is 22.6. The van der Waals surface area contributed by atoms with Gasteiger partial charge in [0.1, 0.15) is 46.9 Å². The summed E-state index contributed by atoms with van der Waals surface area (Å²) in [6, 6.07) is 12.7. The largest absolute Gasteiger partial charge is 0.486 e. The molecule has 1 aliphatic rings. The van der Waals surface area contributed by atoms with Gasteiger partial charge in [0.25, 0.3) is 0 Å². The quantitative estimate of drug-likeness (QED) is 0.315. The standard InChI is InChI=1S/C27H19F3N4OS/c28-18-5-6-19(23(11-18)35-13-22-20(29)2-1-8-32-22)26-27-24(21(30)14-36-27)25(33-34-26)16-3-4-17-12-31-9-7-15(17)10-16/h1-6,8,10-11,14,31H,7,9,12-13H2. The highest BCUT2D eigenvalue weighted by Crippen LogP contribution is 2.41. The maximum absolute atomic E-state index is 15.1. The molecule has 0 amide bonds. The third kappa shape index (κ3) is 4.10. The Labute approximate surface area is 208 Å². The number of rotatable bonds is 5. The lowest BCUT2D eigenvalue weighted by Crippen LogP contribution is -2.23. The van der Waals surface area contributed by atoms with Gasteiger partial charge >= 0.3 is 0 Å². The fourth-order valence-corrected chi connectivity index (χ4v) is 5.33. The zero-order valence-electron chi connectivity index (χ0n) is 18.9. The number of halogens is 3. The van der Waals surface area contributed by atoms with Crippen molar-refractivity contribution in [1.29, 1.82) is 0 Å². The van der Waals surface area contributed by atoms with Gasteiger partial charge in [-0.1, -0.05) is 12.1 Å². The lowest BCUT2D eigenvalue weighted by atomic mass is 9.96. The van der Waals surface area contributed by atoms with Gasteiger partial charge in [0.05, 0.1) is 10.1 Å². The highest BCUT2D eigenvalue weighted by atomic mass is 32.1. The molecule has 1 aliphatic heterocycles. The van der Waals surface area contributed by atoms with Crippen LogP contribution in [0.15, 0.2) is 60.1 Å². The fraction of sp³-hybridized carbons (Fsp3) is 0.148. The molecule has 0 saturated carbocycles. The lowest BCUT2D eigenvalue weighted by molar-refractivity contribution is 0.294. The van der Waals surface area contributed by atoms with Crippen LogP contribution in [0.5, 0.6) is 5.75 Å². The van der Waals surface area contributed by atoms with Crippen LogP contribution in [0.25, 0.3) is 32.6 Å². The molecule has 0 aliphatic carbocycles. The molecule has 2 aromatic carbocycles. The van der Waals surface area contributed by atoms with Crippen LogP contribution in [-0.2, 0) is 19.6 Å². The predicted molar refractivity (Wildman–Crippen MR) is 132 cm³/mol. The van der Waals surface area contributed by atoms with Gasteiger partial charge in [-0.3, -0.25) is 4.98 Å². The van der Waals surface area contributed by atoms with E-state index in [1.54, 1.807) is 0 Å². The first-order chi connectivity index (χ1) is 17.6. The van der Waals surface area contributed by atoms with Crippen molar-refractivity contribution >= 4 is 21.4 Å². The topological polar surface area (TPSA) is 59.9 Å². The number of benzene rings is 2. The van der Waals surface area contributed by atoms with Crippen molar-refractivity contribution in [2.24, 2.45) is 0 Å². The Morgan fingerprint density at radius 1 is 0.944 bits per heavy atom. The molecule has 36 heavy (non-hydrogen) atoms. The number of hydrogen-bond acceptors (Lipinski definition) is 6. The molecule has 0 fully saturated rings. The highest BCUT2D eigenvalue weighted by molar-refractivity contribution is 7.17. The molecule has 180 valence electrons. The van der Waals surface area contributed by atoms with Gasteiger partial charge < -0.3 is 10.1 Å². The summed E-state index contributed by atoms with van der Waals surface area (Å²) >= 11 is 1.19. The van der Waals surface area contributed by atoms with Crippen molar-refractivity contribution < 1.29 is 17.9 Å². The van der Waals surface area contributed by atoms with E-state index in [1.807, 2.05) is 18.2 Å². The molecule has 0 radical (unpaired) electrons. The minimum absolute atomic E-state index is 0.0871. The molecule has 0 saturated heterocycles. The Hall–Kier alpha value is -3.82. The molecule has 9 heteroatoms. The number of ether oxygens (including phenoxy) is 1. The van der Waals surface area contributed by atoms with E-state index in [1.165, 1.54) is 64.4 Å². The number of nitrogens with one attached hydrogen (secondary N) is 1. The Morgan fingerprint density at radius 2 is 1.83 bits per heavy atom. The van der Waals surface area contributed by atoms with Crippen molar-refractivity contribution in [1.82, 2.24) is 20.5 Å². The van der Waals surface area contributed by atoms with Crippen molar-refractivity contribution in [2.75, 3.05) is 6.54 Å². The van der Waals surface area contributed by atoms with E-state index in [2.05, 4.69) is 20.5 Å². The highest BCUT2D eigenvalue weighted by Gasteiger charge is 2.22. The number of hydrogen-bond donors (Lipinski definition) is 1. The van der Waals surface area contributed by atoms with Crippen LogP contribution in [-0.4, -0.2) is 21.7 Å². The molecule has 5 nitrogen and oxygen atoms in total. The summed E-state index contributed by atoms with van der Waals surface area (Å²) in [7, 11) is 0. The zero-order chi connectivity index (χ0) is 24.6. The summed E-state index contributed by atoms with van der Waals surface area (Å²) in [5, 5.41) is 14.0. The van der Waals surface area contributed by atoms with Crippen molar-refractivity contribution in [3.8, 4) is 28.3 Å². The normalized spacial score (nSPS) is 13.1. The molecular weight excluding hydrogens is 485 g/mol. The molecular formula is C27H19F3N4OS. The van der Waals surface area contributed by atoms with E-state index < -0.39 is 17.5 Å². The molecule has 4 heterocycles. The fourth-order valence-electron chi connectivity index (χ4n) is 4.41. The molecule has 1 N–H and O–H groups in total. The summed E-state index contributed by atoms with van der Waals surface area (Å²) in [5.41, 5.74) is 4.54. The Morgan fingerprint density at radius 3 is 2.72 bits per heavy atom. The zero-order valence-corrected chi connectivity index (χ0v) is 19.7. The SMILES string of the molecule is Fc1ccc(-c2nnc(-c3ccc4c(c3)CCNC4)c3c(F)csc23)c(OCc2ncccc2F)c1. The van der Waals surface area contributed by atoms with E-state index in [0.29, 0.717) is 27.0 Å². The van der Waals surface area contributed by atoms with Gasteiger partial charge in [0.15, 0.2) is 0 Å². The van der Waals surface area contributed by atoms with Crippen LogP contribution < -0.4 is 10.1 Å². The average molecular weight is 505 g/mol. The number of aromatic nitrogens is 3. The monoisotopic (exact) mass is 504 g/mol. The number of nitrogens with zero attached hydrogens (tertiary/aromatic N) is 3. The summed E-state index contributed by atoms with van der Waals surface area (Å²) in [4.78, 5) is 3.97. The second-order valence-corrected chi connectivity index (χ2v) is 9.34. The Bertz CT molecular complexity index is 1600. The smallest absolute Gasteiger partial charge is 0.148 e. The van der Waals surface area contributed by atoms with Gasteiger partial charge in [0, 0.05) is 35.3 Å². The minimum Gasteiger partial charge on any atom is -0.486 e. The Balaban J connectivity index is 1.44. The van der Waals surface area contributed by atoms with Crippen LogP contribution in [0.3, 0.4) is 0 Å². The molecule has 0 spiro atoms. The lowest BCUT2D eigenvalue weighted by Gasteiger charge is -2.18. The van der Waals surface area contributed by atoms with Crippen LogP contribution in [0.1, 0.15) is 16.8 Å². The van der Waals surface area contributed by atoms with E-state index in [4.69, 9.17) is 4.74 Å². The first-order valence-electron chi connectivity index (χ1n) is 11.4. The van der Waals surface area contributed by atoms with Gasteiger partial charge in [-0.2, -0.15) is 0 Å². The summed E-state index contributed by atoms with van der Waals surface area (Å²) < 4.78 is 49.6. The third-order valence-corrected chi connectivity index (χ3v) is 7.17. The Kier molecular flexibility index (Phi) is 5.86. The molecule has 3 aromatic heterocycles. The molecule has 5 aromatic rings. The van der Waals surface area contributed by atoms with E-state index in [0.717, 1.165) is 25.1 Å². The van der Waals surface area contributed by atoms with Crippen molar-refractivity contribution in [3.05, 3.63) is 94.4 Å². The summed E-state index contributed by atoms with van der Waals surface area (Å²) in [5.74, 6) is -1.32. The van der Waals surface area contributed by atoms with Crippen molar-refractivity contribution in [3.63, 3.8) is 0 Å². The molecule has 6 rings (SSSR count). The minimum atomic E-state index is -0.531. The van der Waals surface area contributed by atoms with Gasteiger partial charge in [-0.15, -0.1) is 21.5 Å². The van der Waals surface area contributed by atoms with Crippen LogP contribution in [0, 0.1) is 17.5 Å². The second kappa shape index (κ2) is 9.33. The number of pyridine rings is 1.